The standard InChI is InChI=1S/C16H18BrClN2/c1-20(11-12-4-2-7-15(18)8-12)16(10-19)13-5-3-6-14(17)9-13/h2-9,16H,10-11,19H2,1H3. The van der Waals surface area contributed by atoms with Crippen molar-refractivity contribution in [1.29, 1.82) is 0 Å². The molecule has 2 N–H and O–H groups in total. The molecule has 4 heteroatoms. The summed E-state index contributed by atoms with van der Waals surface area (Å²) in [6, 6.07) is 16.4. The van der Waals surface area contributed by atoms with Gasteiger partial charge in [-0.1, -0.05) is 51.8 Å². The smallest absolute Gasteiger partial charge is 0.0471 e. The van der Waals surface area contributed by atoms with Gasteiger partial charge >= 0.3 is 0 Å². The molecule has 20 heavy (non-hydrogen) atoms. The number of hydrogen-bond donors (Lipinski definition) is 1. The topological polar surface area (TPSA) is 29.3 Å². The van der Waals surface area contributed by atoms with E-state index < -0.39 is 0 Å². The second-order valence-electron chi connectivity index (χ2n) is 4.85. The summed E-state index contributed by atoms with van der Waals surface area (Å²) in [6.07, 6.45) is 0. The summed E-state index contributed by atoms with van der Waals surface area (Å²) in [5.74, 6) is 0. The zero-order chi connectivity index (χ0) is 14.5. The highest BCUT2D eigenvalue weighted by Crippen LogP contribution is 2.23. The Bertz CT molecular complexity index is 574. The number of rotatable bonds is 5. The van der Waals surface area contributed by atoms with Gasteiger partial charge in [0.25, 0.3) is 0 Å². The van der Waals surface area contributed by atoms with Crippen molar-refractivity contribution in [2.24, 2.45) is 5.73 Å². The minimum Gasteiger partial charge on any atom is -0.329 e. The maximum atomic E-state index is 6.03. The molecule has 0 saturated heterocycles. The van der Waals surface area contributed by atoms with Crippen molar-refractivity contribution in [1.82, 2.24) is 4.90 Å². The van der Waals surface area contributed by atoms with Crippen LogP contribution in [0.15, 0.2) is 53.0 Å². The van der Waals surface area contributed by atoms with Crippen molar-refractivity contribution in [2.75, 3.05) is 13.6 Å². The number of nitrogens with two attached hydrogens (primary N) is 1. The van der Waals surface area contributed by atoms with Crippen molar-refractivity contribution in [2.45, 2.75) is 12.6 Å². The zero-order valence-electron chi connectivity index (χ0n) is 11.4. The normalized spacial score (nSPS) is 12.7. The summed E-state index contributed by atoms with van der Waals surface area (Å²) in [7, 11) is 2.08. The van der Waals surface area contributed by atoms with Crippen molar-refractivity contribution in [3.63, 3.8) is 0 Å². The number of likely N-dealkylation sites (N-methyl/N-ethyl adjacent to an activating group) is 1. The van der Waals surface area contributed by atoms with E-state index >= 15 is 0 Å². The highest BCUT2D eigenvalue weighted by molar-refractivity contribution is 9.10. The van der Waals surface area contributed by atoms with Crippen molar-refractivity contribution in [3.8, 4) is 0 Å². The van der Waals surface area contributed by atoms with Gasteiger partial charge in [0.05, 0.1) is 0 Å². The van der Waals surface area contributed by atoms with Crippen LogP contribution in [0.3, 0.4) is 0 Å². The molecule has 0 bridgehead atoms. The van der Waals surface area contributed by atoms with Gasteiger partial charge in [-0.2, -0.15) is 0 Å². The Morgan fingerprint density at radius 2 is 1.95 bits per heavy atom. The molecule has 0 aliphatic carbocycles. The molecular formula is C16H18BrClN2. The van der Waals surface area contributed by atoms with Crippen molar-refractivity contribution < 1.29 is 0 Å². The SMILES string of the molecule is CN(Cc1cccc(Cl)c1)C(CN)c1cccc(Br)c1. The molecule has 0 amide bonds. The van der Waals surface area contributed by atoms with Crippen LogP contribution in [0.5, 0.6) is 0 Å². The predicted octanol–water partition coefficient (Wildman–Crippen LogP) is 4.23. The van der Waals surface area contributed by atoms with Gasteiger partial charge in [-0.15, -0.1) is 0 Å². The molecule has 0 radical (unpaired) electrons. The van der Waals surface area contributed by atoms with Gasteiger partial charge < -0.3 is 5.73 Å². The van der Waals surface area contributed by atoms with E-state index in [9.17, 15) is 0 Å². The molecule has 1 atom stereocenters. The molecule has 2 rings (SSSR count). The Hall–Kier alpha value is -0.870. The van der Waals surface area contributed by atoms with Crippen LogP contribution in [-0.2, 0) is 6.54 Å². The Balaban J connectivity index is 2.15. The first-order chi connectivity index (χ1) is 9.60. The van der Waals surface area contributed by atoms with Gasteiger partial charge in [0.2, 0.25) is 0 Å². The molecular weight excluding hydrogens is 336 g/mol. The van der Waals surface area contributed by atoms with E-state index in [0.29, 0.717) is 6.54 Å². The van der Waals surface area contributed by atoms with Gasteiger partial charge in [0.15, 0.2) is 0 Å². The molecule has 0 fully saturated rings. The summed E-state index contributed by atoms with van der Waals surface area (Å²) in [4.78, 5) is 2.24. The van der Waals surface area contributed by atoms with Crippen molar-refractivity contribution >= 4 is 27.5 Å². The number of nitrogens with zero attached hydrogens (tertiary/aromatic N) is 1. The molecule has 0 aliphatic heterocycles. The van der Waals surface area contributed by atoms with Crippen LogP contribution < -0.4 is 5.73 Å². The van der Waals surface area contributed by atoms with E-state index in [4.69, 9.17) is 17.3 Å². The minimum absolute atomic E-state index is 0.187. The first-order valence-electron chi connectivity index (χ1n) is 6.50. The van der Waals surface area contributed by atoms with Crippen LogP contribution in [-0.4, -0.2) is 18.5 Å². The zero-order valence-corrected chi connectivity index (χ0v) is 13.7. The molecule has 1 unspecified atom stereocenters. The lowest BCUT2D eigenvalue weighted by Crippen LogP contribution is -2.30. The quantitative estimate of drug-likeness (QED) is 0.871. The van der Waals surface area contributed by atoms with E-state index in [0.717, 1.165) is 16.0 Å². The summed E-state index contributed by atoms with van der Waals surface area (Å²) in [5.41, 5.74) is 8.36. The van der Waals surface area contributed by atoms with Crippen molar-refractivity contribution in [3.05, 3.63) is 69.2 Å². The maximum Gasteiger partial charge on any atom is 0.0471 e. The first-order valence-corrected chi connectivity index (χ1v) is 7.67. The highest BCUT2D eigenvalue weighted by Gasteiger charge is 2.16. The van der Waals surface area contributed by atoms with Crippen LogP contribution >= 0.6 is 27.5 Å². The van der Waals surface area contributed by atoms with E-state index in [1.165, 1.54) is 11.1 Å². The minimum atomic E-state index is 0.187. The maximum absolute atomic E-state index is 6.03. The number of hydrogen-bond acceptors (Lipinski definition) is 2. The van der Waals surface area contributed by atoms with Crippen LogP contribution in [0.25, 0.3) is 0 Å². The Kier molecular flexibility index (Phi) is 5.61. The molecule has 2 nitrogen and oxygen atoms in total. The number of benzene rings is 2. The van der Waals surface area contributed by atoms with E-state index in [1.54, 1.807) is 0 Å². The molecule has 0 aromatic heterocycles. The van der Waals surface area contributed by atoms with E-state index in [-0.39, 0.29) is 6.04 Å². The average molecular weight is 354 g/mol. The van der Waals surface area contributed by atoms with Gasteiger partial charge in [0, 0.05) is 28.6 Å². The second kappa shape index (κ2) is 7.23. The summed E-state index contributed by atoms with van der Waals surface area (Å²) in [6.45, 7) is 1.39. The van der Waals surface area contributed by atoms with E-state index in [2.05, 4.69) is 46.1 Å². The third kappa shape index (κ3) is 4.06. The fourth-order valence-electron chi connectivity index (χ4n) is 2.32. The predicted molar refractivity (Wildman–Crippen MR) is 88.9 cm³/mol. The molecule has 0 spiro atoms. The molecule has 2 aromatic carbocycles. The van der Waals surface area contributed by atoms with Gasteiger partial charge in [0.1, 0.15) is 0 Å². The van der Waals surface area contributed by atoms with Crippen LogP contribution in [0, 0.1) is 0 Å². The van der Waals surface area contributed by atoms with Gasteiger partial charge in [-0.3, -0.25) is 4.90 Å². The average Bonchev–Trinajstić information content (AvgIpc) is 2.39. The van der Waals surface area contributed by atoms with Gasteiger partial charge in [-0.25, -0.2) is 0 Å². The van der Waals surface area contributed by atoms with Gasteiger partial charge in [-0.05, 0) is 42.4 Å². The lowest BCUT2D eigenvalue weighted by Gasteiger charge is -2.27. The largest absolute Gasteiger partial charge is 0.329 e. The van der Waals surface area contributed by atoms with Crippen LogP contribution in [0.1, 0.15) is 17.2 Å². The third-order valence-corrected chi connectivity index (χ3v) is 4.04. The van der Waals surface area contributed by atoms with Crippen LogP contribution in [0.2, 0.25) is 5.02 Å². The van der Waals surface area contributed by atoms with E-state index in [1.807, 2.05) is 30.3 Å². The fraction of sp³-hybridized carbons (Fsp3) is 0.250. The molecule has 2 aromatic rings. The molecule has 0 aliphatic rings. The third-order valence-electron chi connectivity index (χ3n) is 3.31. The summed E-state index contributed by atoms with van der Waals surface area (Å²) >= 11 is 9.54. The fourth-order valence-corrected chi connectivity index (χ4v) is 2.95. The highest BCUT2D eigenvalue weighted by atomic mass is 79.9. The molecule has 0 saturated carbocycles. The summed E-state index contributed by atoms with van der Waals surface area (Å²) < 4.78 is 1.07. The lowest BCUT2D eigenvalue weighted by molar-refractivity contribution is 0.242. The Labute approximate surface area is 133 Å². The van der Waals surface area contributed by atoms with Crippen LogP contribution in [0.4, 0.5) is 0 Å². The second-order valence-corrected chi connectivity index (χ2v) is 6.20. The first kappa shape index (κ1) is 15.5. The molecule has 0 heterocycles. The summed E-state index contributed by atoms with van der Waals surface area (Å²) in [5, 5.41) is 0.766. The molecule has 106 valence electrons. The Morgan fingerprint density at radius 3 is 2.60 bits per heavy atom. The number of halogens is 2. The lowest BCUT2D eigenvalue weighted by atomic mass is 10.1. The Morgan fingerprint density at radius 1 is 1.20 bits per heavy atom. The monoisotopic (exact) mass is 352 g/mol.